The predicted octanol–water partition coefficient (Wildman–Crippen LogP) is 2.17. The topological polar surface area (TPSA) is 18.5 Å². The molecule has 12 heavy (non-hydrogen) atoms. The van der Waals surface area contributed by atoms with Crippen molar-refractivity contribution in [1.29, 1.82) is 0 Å². The van der Waals surface area contributed by atoms with Crippen molar-refractivity contribution in [1.82, 2.24) is 0 Å². The smallest absolute Gasteiger partial charge is 0.0863 e. The molecule has 70 valence electrons. The molecule has 0 rings (SSSR count). The Morgan fingerprint density at radius 1 is 1.17 bits per heavy atom. The van der Waals surface area contributed by atoms with Gasteiger partial charge in [0.05, 0.1) is 25.4 Å². The molecule has 0 amide bonds. The maximum atomic E-state index is 5.45. The Bertz CT molecular complexity index is 139. The first-order valence-electron chi connectivity index (χ1n) is 4.06. The van der Waals surface area contributed by atoms with Gasteiger partial charge in [0.15, 0.2) is 0 Å². The highest BCUT2D eigenvalue weighted by molar-refractivity contribution is 4.73. The summed E-state index contributed by atoms with van der Waals surface area (Å²) in [6.45, 7) is 12.8. The molecule has 0 aliphatic carbocycles. The van der Waals surface area contributed by atoms with Crippen LogP contribution in [0.4, 0.5) is 0 Å². The van der Waals surface area contributed by atoms with Crippen molar-refractivity contribution in [3.05, 3.63) is 25.3 Å². The van der Waals surface area contributed by atoms with Gasteiger partial charge in [0.2, 0.25) is 0 Å². The van der Waals surface area contributed by atoms with E-state index in [-0.39, 0.29) is 5.60 Å². The zero-order valence-electron chi connectivity index (χ0n) is 8.01. The molecule has 0 spiro atoms. The van der Waals surface area contributed by atoms with Gasteiger partial charge in [-0.1, -0.05) is 12.2 Å². The Kier molecular flexibility index (Phi) is 5.68. The third-order valence-electron chi connectivity index (χ3n) is 1.28. The number of hydrogen-bond acceptors (Lipinski definition) is 2. The molecule has 0 aromatic rings. The first-order valence-corrected chi connectivity index (χ1v) is 4.06. The fourth-order valence-electron chi connectivity index (χ4n) is 0.714. The zero-order valence-corrected chi connectivity index (χ0v) is 8.01. The van der Waals surface area contributed by atoms with E-state index in [1.54, 1.807) is 12.2 Å². The Morgan fingerprint density at radius 2 is 1.75 bits per heavy atom. The number of ether oxygens (including phenoxy) is 2. The van der Waals surface area contributed by atoms with Gasteiger partial charge in [-0.15, -0.1) is 13.2 Å². The molecule has 0 bridgehead atoms. The van der Waals surface area contributed by atoms with Gasteiger partial charge in [-0.2, -0.15) is 0 Å². The maximum Gasteiger partial charge on any atom is 0.0863 e. The summed E-state index contributed by atoms with van der Waals surface area (Å²) in [5.74, 6) is 0. The molecule has 0 N–H and O–H groups in total. The largest absolute Gasteiger partial charge is 0.374 e. The predicted molar refractivity (Wildman–Crippen MR) is 51.2 cm³/mol. The standard InChI is InChI=1S/C10H18O2/c1-5-7-11-9-10(3,4)12-8-6-2/h5-6H,1-2,7-9H2,3-4H3. The summed E-state index contributed by atoms with van der Waals surface area (Å²) in [5, 5.41) is 0. The fourth-order valence-corrected chi connectivity index (χ4v) is 0.714. The quantitative estimate of drug-likeness (QED) is 0.430. The molecular formula is C10H18O2. The van der Waals surface area contributed by atoms with Gasteiger partial charge in [-0.3, -0.25) is 0 Å². The van der Waals surface area contributed by atoms with Gasteiger partial charge in [-0.25, -0.2) is 0 Å². The first kappa shape index (κ1) is 11.4. The monoisotopic (exact) mass is 170 g/mol. The molecule has 0 aliphatic heterocycles. The van der Waals surface area contributed by atoms with E-state index in [1.165, 1.54) is 0 Å². The van der Waals surface area contributed by atoms with E-state index in [0.29, 0.717) is 19.8 Å². The molecule has 0 aliphatic rings. The van der Waals surface area contributed by atoms with Crippen LogP contribution in [0.5, 0.6) is 0 Å². The second kappa shape index (κ2) is 5.98. The van der Waals surface area contributed by atoms with Crippen LogP contribution in [0.3, 0.4) is 0 Å². The lowest BCUT2D eigenvalue weighted by Crippen LogP contribution is -2.30. The minimum absolute atomic E-state index is 0.239. The molecule has 0 heterocycles. The van der Waals surface area contributed by atoms with Gasteiger partial charge in [0.1, 0.15) is 0 Å². The maximum absolute atomic E-state index is 5.45. The van der Waals surface area contributed by atoms with E-state index in [9.17, 15) is 0 Å². The summed E-state index contributed by atoms with van der Waals surface area (Å²) >= 11 is 0. The van der Waals surface area contributed by atoms with Gasteiger partial charge in [0, 0.05) is 0 Å². The van der Waals surface area contributed by atoms with Crippen LogP contribution in [0.15, 0.2) is 25.3 Å². The molecule has 0 aromatic carbocycles. The summed E-state index contributed by atoms with van der Waals surface area (Å²) in [5.41, 5.74) is -0.239. The molecule has 0 aromatic heterocycles. The van der Waals surface area contributed by atoms with Crippen molar-refractivity contribution < 1.29 is 9.47 Å². The average Bonchev–Trinajstić information content (AvgIpc) is 2.01. The molecule has 0 fully saturated rings. The van der Waals surface area contributed by atoms with Gasteiger partial charge < -0.3 is 9.47 Å². The lowest BCUT2D eigenvalue weighted by atomic mass is 10.1. The Labute approximate surface area is 74.9 Å². The van der Waals surface area contributed by atoms with Crippen LogP contribution in [-0.4, -0.2) is 25.4 Å². The third-order valence-corrected chi connectivity index (χ3v) is 1.28. The summed E-state index contributed by atoms with van der Waals surface area (Å²) in [6, 6.07) is 0. The number of rotatable bonds is 7. The van der Waals surface area contributed by atoms with Crippen molar-refractivity contribution in [3.63, 3.8) is 0 Å². The lowest BCUT2D eigenvalue weighted by Gasteiger charge is -2.23. The van der Waals surface area contributed by atoms with Gasteiger partial charge in [-0.05, 0) is 13.8 Å². The minimum Gasteiger partial charge on any atom is -0.374 e. The molecule has 0 unspecified atom stereocenters. The van der Waals surface area contributed by atoms with Crippen LogP contribution in [0, 0.1) is 0 Å². The molecular weight excluding hydrogens is 152 g/mol. The highest BCUT2D eigenvalue weighted by atomic mass is 16.5. The normalized spacial score (nSPS) is 11.2. The molecule has 0 saturated carbocycles. The molecule has 0 radical (unpaired) electrons. The van der Waals surface area contributed by atoms with Crippen LogP contribution in [0.2, 0.25) is 0 Å². The van der Waals surface area contributed by atoms with E-state index in [0.717, 1.165) is 0 Å². The van der Waals surface area contributed by atoms with Gasteiger partial charge >= 0.3 is 0 Å². The van der Waals surface area contributed by atoms with Crippen molar-refractivity contribution >= 4 is 0 Å². The van der Waals surface area contributed by atoms with Crippen molar-refractivity contribution in [2.45, 2.75) is 19.4 Å². The number of hydrogen-bond donors (Lipinski definition) is 0. The zero-order chi connectivity index (χ0) is 9.45. The highest BCUT2D eigenvalue weighted by Crippen LogP contribution is 2.09. The Morgan fingerprint density at radius 3 is 2.25 bits per heavy atom. The van der Waals surface area contributed by atoms with E-state index in [2.05, 4.69) is 13.2 Å². The minimum atomic E-state index is -0.239. The average molecular weight is 170 g/mol. The van der Waals surface area contributed by atoms with Crippen LogP contribution < -0.4 is 0 Å². The van der Waals surface area contributed by atoms with Crippen LogP contribution in [-0.2, 0) is 9.47 Å². The van der Waals surface area contributed by atoms with E-state index in [4.69, 9.17) is 9.47 Å². The van der Waals surface area contributed by atoms with Gasteiger partial charge in [0.25, 0.3) is 0 Å². The summed E-state index contributed by atoms with van der Waals surface area (Å²) in [4.78, 5) is 0. The van der Waals surface area contributed by atoms with Crippen LogP contribution >= 0.6 is 0 Å². The van der Waals surface area contributed by atoms with Crippen LogP contribution in [0.25, 0.3) is 0 Å². The van der Waals surface area contributed by atoms with E-state index < -0.39 is 0 Å². The van der Waals surface area contributed by atoms with Crippen LogP contribution in [0.1, 0.15) is 13.8 Å². The lowest BCUT2D eigenvalue weighted by molar-refractivity contribution is -0.0595. The summed E-state index contributed by atoms with van der Waals surface area (Å²) in [6.07, 6.45) is 3.46. The van der Waals surface area contributed by atoms with Crippen molar-refractivity contribution in [3.8, 4) is 0 Å². The second-order valence-corrected chi connectivity index (χ2v) is 3.16. The summed E-state index contributed by atoms with van der Waals surface area (Å²) in [7, 11) is 0. The highest BCUT2D eigenvalue weighted by Gasteiger charge is 2.17. The second-order valence-electron chi connectivity index (χ2n) is 3.16. The fraction of sp³-hybridized carbons (Fsp3) is 0.600. The molecule has 0 saturated heterocycles. The molecule has 2 heteroatoms. The Hall–Kier alpha value is -0.600. The van der Waals surface area contributed by atoms with E-state index >= 15 is 0 Å². The molecule has 2 nitrogen and oxygen atoms in total. The van der Waals surface area contributed by atoms with Crippen molar-refractivity contribution in [2.24, 2.45) is 0 Å². The first-order chi connectivity index (χ1) is 5.62. The summed E-state index contributed by atoms with van der Waals surface area (Å²) < 4.78 is 10.7. The Balaban J connectivity index is 3.54. The molecule has 0 atom stereocenters. The third kappa shape index (κ3) is 6.13. The SMILES string of the molecule is C=CCOCC(C)(C)OCC=C. The van der Waals surface area contributed by atoms with E-state index in [1.807, 2.05) is 13.8 Å². The van der Waals surface area contributed by atoms with Crippen molar-refractivity contribution in [2.75, 3.05) is 19.8 Å².